The zero-order valence-electron chi connectivity index (χ0n) is 14.2. The SMILES string of the molecule is COc1c(CN2C[C@@H](C)O[C@@H](c3nc(C)no3)C2)c(C)nn1C. The van der Waals surface area contributed by atoms with E-state index in [1.807, 2.05) is 14.0 Å². The number of methoxy groups -OCH3 is 1. The van der Waals surface area contributed by atoms with Crippen LogP contribution in [-0.4, -0.2) is 51.1 Å². The Morgan fingerprint density at radius 1 is 1.30 bits per heavy atom. The first-order chi connectivity index (χ1) is 11.0. The van der Waals surface area contributed by atoms with Gasteiger partial charge in [0.1, 0.15) is 6.10 Å². The second-order valence-corrected chi connectivity index (χ2v) is 6.01. The van der Waals surface area contributed by atoms with Crippen LogP contribution in [0.1, 0.15) is 36.0 Å². The number of hydrogen-bond donors (Lipinski definition) is 0. The van der Waals surface area contributed by atoms with Crippen molar-refractivity contribution < 1.29 is 14.0 Å². The summed E-state index contributed by atoms with van der Waals surface area (Å²) in [5.74, 6) is 1.96. The Hall–Kier alpha value is -1.93. The second kappa shape index (κ2) is 6.29. The lowest BCUT2D eigenvalue weighted by Crippen LogP contribution is -2.42. The predicted molar refractivity (Wildman–Crippen MR) is 82.1 cm³/mol. The summed E-state index contributed by atoms with van der Waals surface area (Å²) in [5, 5.41) is 8.29. The highest BCUT2D eigenvalue weighted by atomic mass is 16.5. The van der Waals surface area contributed by atoms with Crippen molar-refractivity contribution in [3.8, 4) is 5.88 Å². The Kier molecular flexibility index (Phi) is 4.36. The Balaban J connectivity index is 1.77. The fourth-order valence-corrected chi connectivity index (χ4v) is 3.09. The summed E-state index contributed by atoms with van der Waals surface area (Å²) in [5.41, 5.74) is 2.08. The van der Waals surface area contributed by atoms with Crippen molar-refractivity contribution >= 4 is 0 Å². The van der Waals surface area contributed by atoms with Crippen LogP contribution in [0.3, 0.4) is 0 Å². The largest absolute Gasteiger partial charge is 0.481 e. The molecule has 0 aromatic carbocycles. The van der Waals surface area contributed by atoms with E-state index in [0.29, 0.717) is 18.3 Å². The van der Waals surface area contributed by atoms with E-state index in [-0.39, 0.29) is 12.2 Å². The van der Waals surface area contributed by atoms with Crippen LogP contribution >= 0.6 is 0 Å². The van der Waals surface area contributed by atoms with E-state index in [0.717, 1.165) is 30.2 Å². The van der Waals surface area contributed by atoms with Crippen LogP contribution in [0.15, 0.2) is 4.52 Å². The average molecular weight is 321 g/mol. The molecular formula is C15H23N5O3. The van der Waals surface area contributed by atoms with E-state index in [1.54, 1.807) is 18.7 Å². The summed E-state index contributed by atoms with van der Waals surface area (Å²) >= 11 is 0. The number of aryl methyl sites for hydroxylation is 3. The monoisotopic (exact) mass is 321 g/mol. The Morgan fingerprint density at radius 2 is 2.09 bits per heavy atom. The molecule has 0 spiro atoms. The maximum absolute atomic E-state index is 5.96. The smallest absolute Gasteiger partial charge is 0.257 e. The molecule has 23 heavy (non-hydrogen) atoms. The molecule has 1 aliphatic rings. The van der Waals surface area contributed by atoms with Crippen LogP contribution in [-0.2, 0) is 18.3 Å². The Bertz CT molecular complexity index is 681. The first kappa shape index (κ1) is 15.9. The molecule has 3 rings (SSSR count). The van der Waals surface area contributed by atoms with Crippen molar-refractivity contribution in [2.45, 2.75) is 39.5 Å². The van der Waals surface area contributed by atoms with Gasteiger partial charge in [0.15, 0.2) is 5.82 Å². The molecule has 0 aliphatic carbocycles. The number of nitrogens with zero attached hydrogens (tertiary/aromatic N) is 5. The second-order valence-electron chi connectivity index (χ2n) is 6.01. The van der Waals surface area contributed by atoms with Crippen LogP contribution in [0.25, 0.3) is 0 Å². The highest BCUT2D eigenvalue weighted by Crippen LogP contribution is 2.28. The molecular weight excluding hydrogens is 298 g/mol. The number of hydrogen-bond acceptors (Lipinski definition) is 7. The van der Waals surface area contributed by atoms with Gasteiger partial charge in [0.2, 0.25) is 5.88 Å². The van der Waals surface area contributed by atoms with Crippen molar-refractivity contribution in [1.29, 1.82) is 0 Å². The van der Waals surface area contributed by atoms with E-state index >= 15 is 0 Å². The van der Waals surface area contributed by atoms with Gasteiger partial charge in [-0.2, -0.15) is 10.1 Å². The van der Waals surface area contributed by atoms with Crippen molar-refractivity contribution in [3.05, 3.63) is 23.0 Å². The highest BCUT2D eigenvalue weighted by molar-refractivity contribution is 5.30. The molecule has 1 aliphatic heterocycles. The van der Waals surface area contributed by atoms with E-state index in [9.17, 15) is 0 Å². The maximum Gasteiger partial charge on any atom is 0.257 e. The minimum absolute atomic E-state index is 0.0870. The number of aromatic nitrogens is 4. The molecule has 8 heteroatoms. The van der Waals surface area contributed by atoms with Gasteiger partial charge in [-0.15, -0.1) is 0 Å². The van der Waals surface area contributed by atoms with Gasteiger partial charge < -0.3 is 14.0 Å². The third kappa shape index (κ3) is 3.23. The van der Waals surface area contributed by atoms with Crippen molar-refractivity contribution in [3.63, 3.8) is 0 Å². The molecule has 1 fully saturated rings. The minimum Gasteiger partial charge on any atom is -0.481 e. The van der Waals surface area contributed by atoms with Gasteiger partial charge in [-0.1, -0.05) is 5.16 Å². The van der Waals surface area contributed by atoms with Gasteiger partial charge in [0.05, 0.1) is 24.5 Å². The lowest BCUT2D eigenvalue weighted by Gasteiger charge is -2.35. The van der Waals surface area contributed by atoms with Crippen LogP contribution in [0.4, 0.5) is 0 Å². The Labute approximate surface area is 135 Å². The molecule has 1 saturated heterocycles. The fraction of sp³-hybridized carbons (Fsp3) is 0.667. The quantitative estimate of drug-likeness (QED) is 0.842. The minimum atomic E-state index is -0.206. The summed E-state index contributed by atoms with van der Waals surface area (Å²) in [6.07, 6.45) is -0.119. The molecule has 3 heterocycles. The molecule has 0 radical (unpaired) electrons. The number of rotatable bonds is 4. The molecule has 0 amide bonds. The van der Waals surface area contributed by atoms with Crippen molar-refractivity contribution in [2.75, 3.05) is 20.2 Å². The molecule has 0 saturated carbocycles. The van der Waals surface area contributed by atoms with Gasteiger partial charge in [0, 0.05) is 26.7 Å². The standard InChI is InChI=1S/C15H23N5O3/c1-9-6-20(7-12-10(2)17-19(4)15(12)21-5)8-13(22-9)14-16-11(3)18-23-14/h9,13H,6-8H2,1-5H3/t9-,13-/m1/s1. The lowest BCUT2D eigenvalue weighted by atomic mass is 10.1. The summed E-state index contributed by atoms with van der Waals surface area (Å²) in [7, 11) is 3.56. The van der Waals surface area contributed by atoms with Gasteiger partial charge in [0.25, 0.3) is 5.89 Å². The molecule has 126 valence electrons. The van der Waals surface area contributed by atoms with Gasteiger partial charge in [-0.05, 0) is 20.8 Å². The van der Waals surface area contributed by atoms with E-state index in [2.05, 4.69) is 27.1 Å². The molecule has 2 atom stereocenters. The summed E-state index contributed by atoms with van der Waals surface area (Å²) in [6.45, 7) is 8.14. The lowest BCUT2D eigenvalue weighted by molar-refractivity contribution is -0.0932. The maximum atomic E-state index is 5.96. The van der Waals surface area contributed by atoms with E-state index in [1.165, 1.54) is 0 Å². The highest BCUT2D eigenvalue weighted by Gasteiger charge is 2.31. The van der Waals surface area contributed by atoms with E-state index in [4.69, 9.17) is 14.0 Å². The third-order valence-electron chi connectivity index (χ3n) is 4.02. The van der Waals surface area contributed by atoms with Crippen LogP contribution in [0, 0.1) is 13.8 Å². The van der Waals surface area contributed by atoms with Crippen LogP contribution in [0.5, 0.6) is 5.88 Å². The predicted octanol–water partition coefficient (Wildman–Crippen LogP) is 1.39. The van der Waals surface area contributed by atoms with Crippen molar-refractivity contribution in [2.24, 2.45) is 7.05 Å². The molecule has 0 N–H and O–H groups in total. The number of morpholine rings is 1. The molecule has 0 bridgehead atoms. The van der Waals surface area contributed by atoms with Gasteiger partial charge in [-0.25, -0.2) is 4.68 Å². The number of ether oxygens (including phenoxy) is 2. The molecule has 0 unspecified atom stereocenters. The summed E-state index contributed by atoms with van der Waals surface area (Å²) < 4.78 is 18.5. The Morgan fingerprint density at radius 3 is 2.74 bits per heavy atom. The van der Waals surface area contributed by atoms with Crippen LogP contribution in [0.2, 0.25) is 0 Å². The zero-order valence-corrected chi connectivity index (χ0v) is 14.2. The van der Waals surface area contributed by atoms with Crippen LogP contribution < -0.4 is 4.74 Å². The van der Waals surface area contributed by atoms with Gasteiger partial charge in [-0.3, -0.25) is 4.90 Å². The third-order valence-corrected chi connectivity index (χ3v) is 4.02. The van der Waals surface area contributed by atoms with Crippen molar-refractivity contribution in [1.82, 2.24) is 24.8 Å². The zero-order chi connectivity index (χ0) is 16.6. The normalized spacial score (nSPS) is 22.5. The molecule has 2 aromatic rings. The van der Waals surface area contributed by atoms with E-state index < -0.39 is 0 Å². The molecule has 2 aromatic heterocycles. The topological polar surface area (TPSA) is 78.4 Å². The fourth-order valence-electron chi connectivity index (χ4n) is 3.09. The summed E-state index contributed by atoms with van der Waals surface area (Å²) in [6, 6.07) is 0. The first-order valence-corrected chi connectivity index (χ1v) is 7.72. The molecule has 8 nitrogen and oxygen atoms in total. The summed E-state index contributed by atoms with van der Waals surface area (Å²) in [4.78, 5) is 6.61. The average Bonchev–Trinajstić information content (AvgIpc) is 3.03. The van der Waals surface area contributed by atoms with Gasteiger partial charge >= 0.3 is 0 Å². The first-order valence-electron chi connectivity index (χ1n) is 7.72.